The maximum Gasteiger partial charge on any atom is 0.331 e. The van der Waals surface area contributed by atoms with Crippen molar-refractivity contribution in [2.24, 2.45) is 0 Å². The van der Waals surface area contributed by atoms with Crippen LogP contribution in [0.15, 0.2) is 36.9 Å². The molecule has 1 aliphatic heterocycles. The lowest BCUT2D eigenvalue weighted by Crippen LogP contribution is -2.43. The first kappa shape index (κ1) is 16.0. The van der Waals surface area contributed by atoms with Crippen LogP contribution in [-0.4, -0.2) is 41.1 Å². The largest absolute Gasteiger partial charge is 0.423 e. The molecule has 0 radical (unpaired) electrons. The molecule has 2 aromatic rings. The van der Waals surface area contributed by atoms with Crippen LogP contribution in [0.5, 0.6) is 5.75 Å². The number of hydrogen-bond donors (Lipinski definition) is 1. The zero-order valence-corrected chi connectivity index (χ0v) is 13.6. The summed E-state index contributed by atoms with van der Waals surface area (Å²) in [4.78, 5) is 29.6. The van der Waals surface area contributed by atoms with Gasteiger partial charge in [0.2, 0.25) is 5.91 Å². The van der Waals surface area contributed by atoms with Crippen LogP contribution in [0, 0.1) is 6.92 Å². The summed E-state index contributed by atoms with van der Waals surface area (Å²) in [5.41, 5.74) is 1.78. The van der Waals surface area contributed by atoms with Gasteiger partial charge in [0.05, 0.1) is 18.6 Å². The molecule has 7 heteroatoms. The first-order chi connectivity index (χ1) is 11.6. The minimum atomic E-state index is -0.346. The van der Waals surface area contributed by atoms with E-state index in [1.165, 1.54) is 0 Å². The quantitative estimate of drug-likeness (QED) is 0.489. The van der Waals surface area contributed by atoms with Crippen molar-refractivity contribution in [2.45, 2.75) is 19.9 Å². The van der Waals surface area contributed by atoms with Gasteiger partial charge in [-0.2, -0.15) is 0 Å². The van der Waals surface area contributed by atoms with E-state index in [4.69, 9.17) is 4.74 Å². The first-order valence-electron chi connectivity index (χ1n) is 7.90. The molecule has 0 unspecified atom stereocenters. The van der Waals surface area contributed by atoms with E-state index in [9.17, 15) is 9.59 Å². The molecule has 0 bridgehead atoms. The zero-order chi connectivity index (χ0) is 16.9. The van der Waals surface area contributed by atoms with Gasteiger partial charge in [-0.1, -0.05) is 6.07 Å². The number of carbonyl (C=O) groups is 2. The second kappa shape index (κ2) is 7.16. The smallest absolute Gasteiger partial charge is 0.331 e. The van der Waals surface area contributed by atoms with Gasteiger partial charge in [0.1, 0.15) is 6.54 Å². The number of amides is 1. The molecule has 0 fully saturated rings. The van der Waals surface area contributed by atoms with Crippen LogP contribution in [0.1, 0.15) is 12.0 Å². The lowest BCUT2D eigenvalue weighted by Gasteiger charge is -2.29. The number of hydrogen-bond acceptors (Lipinski definition) is 5. The second-order valence-corrected chi connectivity index (χ2v) is 5.81. The van der Waals surface area contributed by atoms with Crippen molar-refractivity contribution < 1.29 is 14.3 Å². The molecule has 1 aromatic carbocycles. The Kier molecular flexibility index (Phi) is 4.79. The van der Waals surface area contributed by atoms with E-state index >= 15 is 0 Å². The van der Waals surface area contributed by atoms with Crippen molar-refractivity contribution in [1.29, 1.82) is 0 Å². The zero-order valence-electron chi connectivity index (χ0n) is 13.6. The topological polar surface area (TPSA) is 76.5 Å². The summed E-state index contributed by atoms with van der Waals surface area (Å²) in [6, 6.07) is 5.62. The number of ether oxygens (including phenoxy) is 1. The number of fused-ring (bicyclic) bond motifs is 1. The molecule has 0 atom stereocenters. The number of esters is 1. The number of nitrogens with zero attached hydrogens (tertiary/aromatic N) is 3. The number of nitrogens with one attached hydrogen (secondary N) is 1. The highest BCUT2D eigenvalue weighted by molar-refractivity contribution is 5.89. The van der Waals surface area contributed by atoms with E-state index in [2.05, 4.69) is 10.3 Å². The van der Waals surface area contributed by atoms with Gasteiger partial charge in [-0.05, 0) is 31.0 Å². The van der Waals surface area contributed by atoms with Crippen LogP contribution < -0.4 is 15.0 Å². The molecular formula is C17H20N4O3. The summed E-state index contributed by atoms with van der Waals surface area (Å²) >= 11 is 0. The average Bonchev–Trinajstić information content (AvgIpc) is 3.04. The normalized spacial score (nSPS) is 13.4. The van der Waals surface area contributed by atoms with Crippen molar-refractivity contribution in [1.82, 2.24) is 14.9 Å². The fourth-order valence-corrected chi connectivity index (χ4v) is 2.64. The highest BCUT2D eigenvalue weighted by atomic mass is 16.5. The Morgan fingerprint density at radius 3 is 3.08 bits per heavy atom. The molecule has 0 saturated carbocycles. The van der Waals surface area contributed by atoms with Gasteiger partial charge in [0, 0.05) is 25.5 Å². The Morgan fingerprint density at radius 1 is 1.42 bits per heavy atom. The predicted molar refractivity (Wildman–Crippen MR) is 88.9 cm³/mol. The number of imidazole rings is 1. The molecule has 1 aromatic heterocycles. The molecule has 0 spiro atoms. The number of aryl methyl sites for hydroxylation is 2. The predicted octanol–water partition coefficient (Wildman–Crippen LogP) is 1.12. The lowest BCUT2D eigenvalue weighted by atomic mass is 10.1. The Hall–Kier alpha value is -2.83. The molecular weight excluding hydrogens is 308 g/mol. The fourth-order valence-electron chi connectivity index (χ4n) is 2.64. The number of rotatable bonds is 6. The van der Waals surface area contributed by atoms with Gasteiger partial charge in [-0.25, -0.2) is 9.78 Å². The van der Waals surface area contributed by atoms with Crippen molar-refractivity contribution in [3.63, 3.8) is 0 Å². The number of carbonyl (C=O) groups excluding carboxylic acids is 2. The molecule has 2 heterocycles. The summed E-state index contributed by atoms with van der Waals surface area (Å²) in [6.45, 7) is 3.53. The van der Waals surface area contributed by atoms with Crippen LogP contribution >= 0.6 is 0 Å². The summed E-state index contributed by atoms with van der Waals surface area (Å²) in [5, 5.41) is 2.88. The Balaban J connectivity index is 1.52. The fraction of sp³-hybridized carbons (Fsp3) is 0.353. The molecule has 0 saturated heterocycles. The summed E-state index contributed by atoms with van der Waals surface area (Å²) < 4.78 is 7.21. The summed E-state index contributed by atoms with van der Waals surface area (Å²) in [5.74, 6) is 0.0574. The molecule has 1 aliphatic rings. The van der Waals surface area contributed by atoms with E-state index in [1.54, 1.807) is 17.4 Å². The maximum absolute atomic E-state index is 12.1. The lowest BCUT2D eigenvalue weighted by molar-refractivity contribution is -0.133. The van der Waals surface area contributed by atoms with Gasteiger partial charge < -0.3 is 19.5 Å². The molecule has 24 heavy (non-hydrogen) atoms. The number of benzene rings is 1. The van der Waals surface area contributed by atoms with E-state index in [-0.39, 0.29) is 25.0 Å². The monoisotopic (exact) mass is 328 g/mol. The minimum absolute atomic E-state index is 0.0819. The van der Waals surface area contributed by atoms with Crippen LogP contribution in [0.3, 0.4) is 0 Å². The Labute approximate surface area is 140 Å². The Morgan fingerprint density at radius 2 is 2.29 bits per heavy atom. The third kappa shape index (κ3) is 3.92. The Bertz CT molecular complexity index is 727. The maximum atomic E-state index is 12.1. The van der Waals surface area contributed by atoms with E-state index < -0.39 is 0 Å². The van der Waals surface area contributed by atoms with Crippen molar-refractivity contribution in [3.8, 4) is 5.75 Å². The van der Waals surface area contributed by atoms with Crippen LogP contribution in [0.4, 0.5) is 5.69 Å². The van der Waals surface area contributed by atoms with Crippen LogP contribution in [0.2, 0.25) is 0 Å². The molecule has 1 amide bonds. The van der Waals surface area contributed by atoms with Gasteiger partial charge >= 0.3 is 5.97 Å². The van der Waals surface area contributed by atoms with Gasteiger partial charge in [-0.3, -0.25) is 4.79 Å². The highest BCUT2D eigenvalue weighted by Crippen LogP contribution is 2.32. The summed E-state index contributed by atoms with van der Waals surface area (Å²) in [7, 11) is 0. The number of aromatic nitrogens is 2. The van der Waals surface area contributed by atoms with Gasteiger partial charge in [0.15, 0.2) is 5.75 Å². The first-order valence-corrected chi connectivity index (χ1v) is 7.90. The standard InChI is InChI=1S/C17H20N4O3/c1-13-3-4-14-15(9-13)24-17(23)11-21(14)10-16(22)19-5-2-7-20-8-6-18-12-20/h3-4,6,8-9,12H,2,5,7,10-11H2,1H3,(H,19,22). The molecule has 1 N–H and O–H groups in total. The SMILES string of the molecule is Cc1ccc2c(c1)OC(=O)CN2CC(=O)NCCCn1ccnc1. The average molecular weight is 328 g/mol. The third-order valence-corrected chi connectivity index (χ3v) is 3.81. The summed E-state index contributed by atoms with van der Waals surface area (Å²) in [6.07, 6.45) is 6.19. The van der Waals surface area contributed by atoms with Crippen molar-refractivity contribution in [3.05, 3.63) is 42.5 Å². The molecule has 7 nitrogen and oxygen atoms in total. The second-order valence-electron chi connectivity index (χ2n) is 5.81. The van der Waals surface area contributed by atoms with Crippen LogP contribution in [-0.2, 0) is 16.1 Å². The highest BCUT2D eigenvalue weighted by Gasteiger charge is 2.25. The third-order valence-electron chi connectivity index (χ3n) is 3.81. The van der Waals surface area contributed by atoms with Gasteiger partial charge in [0.25, 0.3) is 0 Å². The van der Waals surface area contributed by atoms with E-state index in [0.717, 1.165) is 24.2 Å². The molecule has 0 aliphatic carbocycles. The van der Waals surface area contributed by atoms with E-state index in [0.29, 0.717) is 12.3 Å². The molecule has 3 rings (SSSR count). The van der Waals surface area contributed by atoms with Crippen LogP contribution in [0.25, 0.3) is 0 Å². The molecule has 126 valence electrons. The van der Waals surface area contributed by atoms with Gasteiger partial charge in [-0.15, -0.1) is 0 Å². The minimum Gasteiger partial charge on any atom is -0.423 e. The van der Waals surface area contributed by atoms with E-state index in [1.807, 2.05) is 35.9 Å². The number of anilines is 1. The van der Waals surface area contributed by atoms with Crippen molar-refractivity contribution in [2.75, 3.05) is 24.5 Å². The van der Waals surface area contributed by atoms with Crippen molar-refractivity contribution >= 4 is 17.6 Å².